The van der Waals surface area contributed by atoms with E-state index in [-0.39, 0.29) is 11.1 Å². The van der Waals surface area contributed by atoms with Gasteiger partial charge in [-0.15, -0.1) is 0 Å². The smallest absolute Gasteiger partial charge is 0.286 e. The van der Waals surface area contributed by atoms with Crippen molar-refractivity contribution < 1.29 is 9.53 Å². The molecule has 0 fully saturated rings. The number of hydrogen-bond acceptors (Lipinski definition) is 4. The standard InChI is InChI=1S/C17H13ClN2O2S/c18-13-6-7-14(22-10-11-4-2-1-3-5-11)12(8-13)9-15-16(21)20-17(19)23-15/h1-9H,10H2,(H2,19,20,21). The Balaban J connectivity index is 1.84. The number of nitrogens with two attached hydrogens (primary N) is 1. The average Bonchev–Trinajstić information content (AvgIpc) is 2.85. The minimum Gasteiger partial charge on any atom is -0.488 e. The van der Waals surface area contributed by atoms with Crippen LogP contribution < -0.4 is 10.5 Å². The van der Waals surface area contributed by atoms with Gasteiger partial charge in [-0.05, 0) is 41.6 Å². The van der Waals surface area contributed by atoms with E-state index in [1.54, 1.807) is 24.3 Å². The summed E-state index contributed by atoms with van der Waals surface area (Å²) in [6.45, 7) is 0.429. The van der Waals surface area contributed by atoms with Gasteiger partial charge < -0.3 is 10.5 Å². The van der Waals surface area contributed by atoms with Gasteiger partial charge in [0.15, 0.2) is 5.17 Å². The number of benzene rings is 2. The van der Waals surface area contributed by atoms with Crippen LogP contribution in [0.3, 0.4) is 0 Å². The van der Waals surface area contributed by atoms with E-state index < -0.39 is 0 Å². The van der Waals surface area contributed by atoms with Crippen LogP contribution in [0, 0.1) is 0 Å². The largest absolute Gasteiger partial charge is 0.488 e. The highest BCUT2D eigenvalue weighted by atomic mass is 35.5. The Hall–Kier alpha value is -2.24. The molecule has 0 unspecified atom stereocenters. The lowest BCUT2D eigenvalue weighted by molar-refractivity contribution is -0.113. The molecule has 0 bridgehead atoms. The van der Waals surface area contributed by atoms with Crippen LogP contribution in [-0.2, 0) is 11.4 Å². The maximum Gasteiger partial charge on any atom is 0.286 e. The Kier molecular flexibility index (Phi) is 4.69. The van der Waals surface area contributed by atoms with E-state index in [4.69, 9.17) is 22.1 Å². The maximum atomic E-state index is 11.7. The quantitative estimate of drug-likeness (QED) is 0.856. The third kappa shape index (κ3) is 3.94. The fourth-order valence-corrected chi connectivity index (χ4v) is 2.92. The number of thioether (sulfide) groups is 1. The molecule has 0 aliphatic carbocycles. The molecule has 4 nitrogen and oxygen atoms in total. The van der Waals surface area contributed by atoms with Crippen molar-refractivity contribution in [2.75, 3.05) is 0 Å². The summed E-state index contributed by atoms with van der Waals surface area (Å²) in [6, 6.07) is 15.1. The van der Waals surface area contributed by atoms with E-state index in [0.29, 0.717) is 27.8 Å². The molecule has 1 aliphatic heterocycles. The molecule has 6 heteroatoms. The SMILES string of the molecule is NC1=NC(=O)C(=Cc2cc(Cl)ccc2OCc2ccccc2)S1. The highest BCUT2D eigenvalue weighted by molar-refractivity contribution is 8.18. The van der Waals surface area contributed by atoms with Crippen LogP contribution in [0.15, 0.2) is 58.4 Å². The van der Waals surface area contributed by atoms with Crippen molar-refractivity contribution in [3.63, 3.8) is 0 Å². The molecule has 2 aromatic rings. The van der Waals surface area contributed by atoms with Crippen LogP contribution >= 0.6 is 23.4 Å². The van der Waals surface area contributed by atoms with E-state index in [2.05, 4.69) is 4.99 Å². The minimum atomic E-state index is -0.346. The number of carbonyl (C=O) groups excluding carboxylic acids is 1. The van der Waals surface area contributed by atoms with Crippen LogP contribution in [0.25, 0.3) is 6.08 Å². The van der Waals surface area contributed by atoms with Crippen LogP contribution in [-0.4, -0.2) is 11.1 Å². The fourth-order valence-electron chi connectivity index (χ4n) is 2.07. The number of ether oxygens (including phenoxy) is 1. The topological polar surface area (TPSA) is 64.7 Å². The molecular weight excluding hydrogens is 332 g/mol. The van der Waals surface area contributed by atoms with Gasteiger partial charge in [-0.25, -0.2) is 0 Å². The molecule has 0 saturated carbocycles. The Labute approximate surface area is 143 Å². The second-order valence-corrected chi connectivity index (χ2v) is 6.32. The third-order valence-electron chi connectivity index (χ3n) is 3.13. The predicted molar refractivity (Wildman–Crippen MR) is 94.4 cm³/mol. The van der Waals surface area contributed by atoms with Crippen LogP contribution in [0.5, 0.6) is 5.75 Å². The van der Waals surface area contributed by atoms with Crippen LogP contribution in [0.2, 0.25) is 5.02 Å². The third-order valence-corrected chi connectivity index (χ3v) is 4.18. The number of amidine groups is 1. The molecule has 1 heterocycles. The molecule has 1 aliphatic rings. The van der Waals surface area contributed by atoms with Gasteiger partial charge in [0.05, 0.1) is 4.91 Å². The van der Waals surface area contributed by atoms with Gasteiger partial charge in [0.25, 0.3) is 5.91 Å². The van der Waals surface area contributed by atoms with Crippen LogP contribution in [0.1, 0.15) is 11.1 Å². The van der Waals surface area contributed by atoms with Gasteiger partial charge >= 0.3 is 0 Å². The van der Waals surface area contributed by atoms with Crippen molar-refractivity contribution >= 4 is 40.5 Å². The van der Waals surface area contributed by atoms with Crippen molar-refractivity contribution in [1.29, 1.82) is 0 Å². The summed E-state index contributed by atoms with van der Waals surface area (Å²) >= 11 is 7.19. The Morgan fingerprint density at radius 2 is 2.00 bits per heavy atom. The number of hydrogen-bond donors (Lipinski definition) is 1. The van der Waals surface area contributed by atoms with Crippen molar-refractivity contribution in [3.05, 3.63) is 69.6 Å². The van der Waals surface area contributed by atoms with Gasteiger partial charge in [-0.3, -0.25) is 4.79 Å². The highest BCUT2D eigenvalue weighted by Gasteiger charge is 2.20. The van der Waals surface area contributed by atoms with E-state index in [9.17, 15) is 4.79 Å². The fraction of sp³-hybridized carbons (Fsp3) is 0.0588. The van der Waals surface area contributed by atoms with Gasteiger partial charge in [0.2, 0.25) is 0 Å². The molecule has 23 heavy (non-hydrogen) atoms. The molecule has 2 N–H and O–H groups in total. The lowest BCUT2D eigenvalue weighted by Crippen LogP contribution is -2.01. The highest BCUT2D eigenvalue weighted by Crippen LogP contribution is 2.31. The monoisotopic (exact) mass is 344 g/mol. The minimum absolute atomic E-state index is 0.245. The Bertz CT molecular complexity index is 803. The first kappa shape index (κ1) is 15.6. The van der Waals surface area contributed by atoms with E-state index in [1.165, 1.54) is 0 Å². The second kappa shape index (κ2) is 6.89. The van der Waals surface area contributed by atoms with Gasteiger partial charge in [-0.2, -0.15) is 4.99 Å². The average molecular weight is 345 g/mol. The summed E-state index contributed by atoms with van der Waals surface area (Å²) < 4.78 is 5.86. The normalized spacial score (nSPS) is 15.8. The summed E-state index contributed by atoms with van der Waals surface area (Å²) in [6.07, 6.45) is 1.70. The molecule has 0 aromatic heterocycles. The molecule has 0 saturated heterocycles. The van der Waals surface area contributed by atoms with E-state index >= 15 is 0 Å². The first-order chi connectivity index (χ1) is 11.1. The summed E-state index contributed by atoms with van der Waals surface area (Å²) in [5, 5.41) is 0.809. The molecule has 3 rings (SSSR count). The molecule has 0 spiro atoms. The Morgan fingerprint density at radius 3 is 2.70 bits per heavy atom. The number of aliphatic imine (C=N–C) groups is 1. The number of nitrogens with zero attached hydrogens (tertiary/aromatic N) is 1. The predicted octanol–water partition coefficient (Wildman–Crippen LogP) is 3.85. The number of rotatable bonds is 4. The maximum absolute atomic E-state index is 11.7. The number of carbonyl (C=O) groups is 1. The van der Waals surface area contributed by atoms with E-state index in [1.807, 2.05) is 30.3 Å². The molecule has 2 aromatic carbocycles. The zero-order chi connectivity index (χ0) is 16.2. The molecule has 0 atom stereocenters. The number of halogens is 1. The van der Waals surface area contributed by atoms with Crippen molar-refractivity contribution in [1.82, 2.24) is 0 Å². The number of amides is 1. The molecule has 0 radical (unpaired) electrons. The van der Waals surface area contributed by atoms with E-state index in [0.717, 1.165) is 17.3 Å². The lowest BCUT2D eigenvalue weighted by Gasteiger charge is -2.10. The van der Waals surface area contributed by atoms with Crippen LogP contribution in [0.4, 0.5) is 0 Å². The summed E-state index contributed by atoms with van der Waals surface area (Å²) in [5.74, 6) is 0.297. The van der Waals surface area contributed by atoms with Crippen molar-refractivity contribution in [2.45, 2.75) is 6.61 Å². The first-order valence-electron chi connectivity index (χ1n) is 6.86. The zero-order valence-corrected chi connectivity index (χ0v) is 13.6. The summed E-state index contributed by atoms with van der Waals surface area (Å²) in [4.78, 5) is 15.9. The summed E-state index contributed by atoms with van der Waals surface area (Å²) in [7, 11) is 0. The first-order valence-corrected chi connectivity index (χ1v) is 8.05. The summed E-state index contributed by atoms with van der Waals surface area (Å²) in [5.41, 5.74) is 7.34. The van der Waals surface area contributed by atoms with Gasteiger partial charge in [0, 0.05) is 10.6 Å². The van der Waals surface area contributed by atoms with Crippen molar-refractivity contribution in [2.24, 2.45) is 10.7 Å². The molecule has 116 valence electrons. The van der Waals surface area contributed by atoms with Gasteiger partial charge in [0.1, 0.15) is 12.4 Å². The molecular formula is C17H13ClN2O2S. The van der Waals surface area contributed by atoms with Crippen molar-refractivity contribution in [3.8, 4) is 5.75 Å². The second-order valence-electron chi connectivity index (χ2n) is 4.82. The molecule has 1 amide bonds. The lowest BCUT2D eigenvalue weighted by atomic mass is 10.1. The van der Waals surface area contributed by atoms with Gasteiger partial charge in [-0.1, -0.05) is 41.9 Å². The zero-order valence-electron chi connectivity index (χ0n) is 12.0. The Morgan fingerprint density at radius 1 is 1.22 bits per heavy atom.